The van der Waals surface area contributed by atoms with Gasteiger partial charge in [0.05, 0.1) is 12.6 Å². The van der Waals surface area contributed by atoms with Crippen LogP contribution in [0.4, 0.5) is 0 Å². The lowest BCUT2D eigenvalue weighted by Gasteiger charge is -2.09. The molecule has 0 saturated heterocycles. The lowest BCUT2D eigenvalue weighted by Crippen LogP contribution is -2.15. The van der Waals surface area contributed by atoms with E-state index in [0.29, 0.717) is 10.7 Å². The topological polar surface area (TPSA) is 59.1 Å². The average molecular weight is 244 g/mol. The van der Waals surface area contributed by atoms with Crippen LogP contribution in [0.15, 0.2) is 12.1 Å². The number of aromatic nitrogens is 1. The van der Waals surface area contributed by atoms with E-state index in [1.165, 1.54) is 0 Å². The Bertz CT molecular complexity index is 282. The van der Waals surface area contributed by atoms with Gasteiger partial charge >= 0.3 is 0 Å². The van der Waals surface area contributed by atoms with Crippen LogP contribution in [-0.2, 0) is 0 Å². The number of hydrogen-bond donors (Lipinski definition) is 2. The molecule has 0 saturated carbocycles. The first-order chi connectivity index (χ1) is 5.65. The minimum Gasteiger partial charge on any atom is -0.394 e. The fourth-order valence-electron chi connectivity index (χ4n) is 0.798. The van der Waals surface area contributed by atoms with E-state index in [-0.39, 0.29) is 24.2 Å². The third-order valence-corrected chi connectivity index (χ3v) is 1.95. The molecule has 1 aromatic rings. The standard InChI is InChI=1S/C7H8Cl2N2O.ClH/c8-6-2-1-4(5(10)3-12)7(9)11-6;/h1-2,5,12H,3,10H2;1H/t5-;/m0./s1. The molecule has 0 aliphatic rings. The summed E-state index contributed by atoms with van der Waals surface area (Å²) in [5.74, 6) is 0. The van der Waals surface area contributed by atoms with Gasteiger partial charge in [-0.1, -0.05) is 29.3 Å². The average Bonchev–Trinajstić information content (AvgIpc) is 2.03. The van der Waals surface area contributed by atoms with Gasteiger partial charge in [-0.15, -0.1) is 12.4 Å². The highest BCUT2D eigenvalue weighted by atomic mass is 35.5. The van der Waals surface area contributed by atoms with E-state index >= 15 is 0 Å². The van der Waals surface area contributed by atoms with Gasteiger partial charge in [-0.25, -0.2) is 4.98 Å². The SMILES string of the molecule is Cl.N[C@@H](CO)c1ccc(Cl)nc1Cl. The van der Waals surface area contributed by atoms with Gasteiger partial charge in [0.1, 0.15) is 10.3 Å². The van der Waals surface area contributed by atoms with E-state index in [0.717, 1.165) is 0 Å². The van der Waals surface area contributed by atoms with E-state index < -0.39 is 6.04 Å². The van der Waals surface area contributed by atoms with E-state index in [4.69, 9.17) is 34.0 Å². The Balaban J connectivity index is 0.00000144. The van der Waals surface area contributed by atoms with E-state index in [1.54, 1.807) is 12.1 Å². The summed E-state index contributed by atoms with van der Waals surface area (Å²) >= 11 is 11.3. The molecule has 0 aliphatic carbocycles. The zero-order valence-electron chi connectivity index (χ0n) is 6.58. The summed E-state index contributed by atoms with van der Waals surface area (Å²) in [4.78, 5) is 3.78. The molecule has 0 fully saturated rings. The zero-order chi connectivity index (χ0) is 9.14. The number of halogens is 3. The molecule has 0 amide bonds. The van der Waals surface area contributed by atoms with Crippen LogP contribution in [0.2, 0.25) is 10.3 Å². The first-order valence-corrected chi connectivity index (χ1v) is 4.09. The minimum absolute atomic E-state index is 0. The Morgan fingerprint density at radius 3 is 2.54 bits per heavy atom. The highest BCUT2D eigenvalue weighted by Gasteiger charge is 2.09. The summed E-state index contributed by atoms with van der Waals surface area (Å²) in [6.07, 6.45) is 0. The van der Waals surface area contributed by atoms with Crippen LogP contribution < -0.4 is 5.73 Å². The van der Waals surface area contributed by atoms with Crippen molar-refractivity contribution in [3.63, 3.8) is 0 Å². The molecule has 1 atom stereocenters. The van der Waals surface area contributed by atoms with Crippen LogP contribution in [-0.4, -0.2) is 16.7 Å². The van der Waals surface area contributed by atoms with Crippen molar-refractivity contribution in [1.29, 1.82) is 0 Å². The van der Waals surface area contributed by atoms with Crippen molar-refractivity contribution in [2.45, 2.75) is 6.04 Å². The largest absolute Gasteiger partial charge is 0.394 e. The molecule has 3 N–H and O–H groups in total. The highest BCUT2D eigenvalue weighted by molar-refractivity contribution is 6.32. The summed E-state index contributed by atoms with van der Waals surface area (Å²) in [6.45, 7) is -0.164. The predicted octanol–water partition coefficient (Wildman–Crippen LogP) is 1.80. The molecule has 6 heteroatoms. The lowest BCUT2D eigenvalue weighted by molar-refractivity contribution is 0.268. The summed E-state index contributed by atoms with van der Waals surface area (Å²) in [5, 5.41) is 9.29. The number of pyridine rings is 1. The van der Waals surface area contributed by atoms with Crippen molar-refractivity contribution in [3.05, 3.63) is 28.0 Å². The summed E-state index contributed by atoms with van der Waals surface area (Å²) < 4.78 is 0. The first-order valence-electron chi connectivity index (χ1n) is 3.33. The molecule has 1 aromatic heterocycles. The molecule has 0 bridgehead atoms. The number of nitrogens with zero attached hydrogens (tertiary/aromatic N) is 1. The summed E-state index contributed by atoms with van der Waals surface area (Å²) in [5.41, 5.74) is 6.13. The molecule has 0 unspecified atom stereocenters. The maximum Gasteiger partial charge on any atom is 0.135 e. The normalized spacial score (nSPS) is 12.0. The Kier molecular flexibility index (Phi) is 5.60. The molecular weight excluding hydrogens is 234 g/mol. The highest BCUT2D eigenvalue weighted by Crippen LogP contribution is 2.21. The Morgan fingerprint density at radius 1 is 1.46 bits per heavy atom. The van der Waals surface area contributed by atoms with E-state index in [2.05, 4.69) is 4.98 Å². The van der Waals surface area contributed by atoms with Crippen LogP contribution in [0.3, 0.4) is 0 Å². The third-order valence-electron chi connectivity index (χ3n) is 1.44. The monoisotopic (exact) mass is 242 g/mol. The smallest absolute Gasteiger partial charge is 0.135 e. The van der Waals surface area contributed by atoms with Crippen LogP contribution >= 0.6 is 35.6 Å². The van der Waals surface area contributed by atoms with Gasteiger partial charge in [0.15, 0.2) is 0 Å². The molecule has 1 rings (SSSR count). The van der Waals surface area contributed by atoms with Gasteiger partial charge in [0, 0.05) is 5.56 Å². The van der Waals surface area contributed by atoms with Crippen molar-refractivity contribution in [2.75, 3.05) is 6.61 Å². The molecule has 0 spiro atoms. The molecule has 0 radical (unpaired) electrons. The van der Waals surface area contributed by atoms with Gasteiger partial charge < -0.3 is 10.8 Å². The van der Waals surface area contributed by atoms with E-state index in [9.17, 15) is 0 Å². The predicted molar refractivity (Wildman–Crippen MR) is 55.5 cm³/mol. The molecule has 13 heavy (non-hydrogen) atoms. The van der Waals surface area contributed by atoms with Gasteiger partial charge in [-0.3, -0.25) is 0 Å². The van der Waals surface area contributed by atoms with Gasteiger partial charge in [-0.2, -0.15) is 0 Å². The molecule has 0 aromatic carbocycles. The van der Waals surface area contributed by atoms with Crippen molar-refractivity contribution >= 4 is 35.6 Å². The maximum atomic E-state index is 8.74. The lowest BCUT2D eigenvalue weighted by atomic mass is 10.1. The zero-order valence-corrected chi connectivity index (χ0v) is 8.90. The quantitative estimate of drug-likeness (QED) is 0.779. The summed E-state index contributed by atoms with van der Waals surface area (Å²) in [7, 11) is 0. The second-order valence-corrected chi connectivity index (χ2v) is 3.05. The van der Waals surface area contributed by atoms with Crippen molar-refractivity contribution < 1.29 is 5.11 Å². The van der Waals surface area contributed by atoms with Crippen molar-refractivity contribution in [1.82, 2.24) is 4.98 Å². The minimum atomic E-state index is -0.498. The molecule has 74 valence electrons. The van der Waals surface area contributed by atoms with Gasteiger partial charge in [-0.05, 0) is 6.07 Å². The van der Waals surface area contributed by atoms with Gasteiger partial charge in [0.25, 0.3) is 0 Å². The second-order valence-electron chi connectivity index (χ2n) is 2.30. The van der Waals surface area contributed by atoms with Crippen molar-refractivity contribution in [2.24, 2.45) is 5.73 Å². The number of rotatable bonds is 2. The summed E-state index contributed by atoms with van der Waals surface area (Å²) in [6, 6.07) is 2.74. The molecule has 0 aliphatic heterocycles. The molecule has 1 heterocycles. The van der Waals surface area contributed by atoms with Crippen LogP contribution in [0.25, 0.3) is 0 Å². The van der Waals surface area contributed by atoms with Crippen LogP contribution in [0, 0.1) is 0 Å². The van der Waals surface area contributed by atoms with E-state index in [1.807, 2.05) is 0 Å². The fourth-order valence-corrected chi connectivity index (χ4v) is 1.28. The number of aliphatic hydroxyl groups is 1. The van der Waals surface area contributed by atoms with Gasteiger partial charge in [0.2, 0.25) is 0 Å². The molecular formula is C7H9Cl3N2O. The fraction of sp³-hybridized carbons (Fsp3) is 0.286. The third kappa shape index (κ3) is 3.29. The maximum absolute atomic E-state index is 8.74. The van der Waals surface area contributed by atoms with Crippen LogP contribution in [0.5, 0.6) is 0 Å². The van der Waals surface area contributed by atoms with Crippen molar-refractivity contribution in [3.8, 4) is 0 Å². The first kappa shape index (κ1) is 12.9. The Morgan fingerprint density at radius 2 is 2.08 bits per heavy atom. The number of nitrogens with two attached hydrogens (primary N) is 1. The molecule has 3 nitrogen and oxygen atoms in total. The number of aliphatic hydroxyl groups excluding tert-OH is 1. The second kappa shape index (κ2) is 5.62. The van der Waals surface area contributed by atoms with Crippen LogP contribution in [0.1, 0.15) is 11.6 Å². The Labute approximate surface area is 92.3 Å². The number of hydrogen-bond acceptors (Lipinski definition) is 3. The Hall–Kier alpha value is -0.0600.